The predicted octanol–water partition coefficient (Wildman–Crippen LogP) is 4.14. The summed E-state index contributed by atoms with van der Waals surface area (Å²) < 4.78 is 19.1. The Bertz CT molecular complexity index is 589. The van der Waals surface area contributed by atoms with Crippen LogP contribution in [0.1, 0.15) is 11.1 Å². The van der Waals surface area contributed by atoms with Gasteiger partial charge >= 0.3 is 0 Å². The van der Waals surface area contributed by atoms with Gasteiger partial charge < -0.3 is 10.1 Å². The summed E-state index contributed by atoms with van der Waals surface area (Å²) in [7, 11) is 0. The maximum absolute atomic E-state index is 13.5. The number of hydrogen-bond donors (Lipinski definition) is 1. The number of halogens is 2. The first-order valence-corrected chi connectivity index (χ1v) is 7.07. The predicted molar refractivity (Wildman–Crippen MR) is 91.2 cm³/mol. The van der Waals surface area contributed by atoms with Crippen LogP contribution in [0.15, 0.2) is 61.2 Å². The Hall–Kier alpha value is -1.84. The van der Waals surface area contributed by atoms with E-state index in [9.17, 15) is 4.39 Å². The molecule has 0 unspecified atom stereocenters. The van der Waals surface area contributed by atoms with Crippen molar-refractivity contribution in [2.24, 2.45) is 0 Å². The highest BCUT2D eigenvalue weighted by atomic mass is 35.5. The van der Waals surface area contributed by atoms with Gasteiger partial charge in [-0.1, -0.05) is 49.1 Å². The second kappa shape index (κ2) is 9.98. The molecule has 118 valence electrons. The largest absolute Gasteiger partial charge is 0.489 e. The normalized spacial score (nSPS) is 9.86. The summed E-state index contributed by atoms with van der Waals surface area (Å²) in [6.45, 7) is 5.55. The summed E-state index contributed by atoms with van der Waals surface area (Å²) in [4.78, 5) is 0. The lowest BCUT2D eigenvalue weighted by atomic mass is 10.1. The van der Waals surface area contributed by atoms with Crippen LogP contribution in [-0.4, -0.2) is 13.2 Å². The molecule has 0 saturated heterocycles. The molecule has 0 amide bonds. The summed E-state index contributed by atoms with van der Waals surface area (Å²) in [6, 6.07) is 14.8. The van der Waals surface area contributed by atoms with Gasteiger partial charge in [0.2, 0.25) is 0 Å². The lowest BCUT2D eigenvalue weighted by Gasteiger charge is -2.11. The van der Waals surface area contributed by atoms with Crippen LogP contribution >= 0.6 is 12.4 Å². The van der Waals surface area contributed by atoms with Gasteiger partial charge in [0, 0.05) is 12.1 Å². The van der Waals surface area contributed by atoms with E-state index in [1.54, 1.807) is 12.1 Å². The summed E-state index contributed by atoms with van der Waals surface area (Å²) in [6.07, 6.45) is 2.39. The van der Waals surface area contributed by atoms with E-state index in [4.69, 9.17) is 4.74 Å². The van der Waals surface area contributed by atoms with Crippen molar-refractivity contribution in [3.05, 3.63) is 78.1 Å². The highest BCUT2D eigenvalue weighted by molar-refractivity contribution is 5.85. The molecule has 0 heterocycles. The molecule has 2 rings (SSSR count). The third-order valence-electron chi connectivity index (χ3n) is 3.17. The molecular weight excluding hydrogens is 301 g/mol. The highest BCUT2D eigenvalue weighted by Gasteiger charge is 2.03. The van der Waals surface area contributed by atoms with Gasteiger partial charge in [-0.3, -0.25) is 0 Å². The quantitative estimate of drug-likeness (QED) is 0.582. The maximum Gasteiger partial charge on any atom is 0.126 e. The fourth-order valence-electron chi connectivity index (χ4n) is 2.09. The molecule has 2 nitrogen and oxygen atoms in total. The molecule has 0 radical (unpaired) electrons. The van der Waals surface area contributed by atoms with Crippen LogP contribution in [0.2, 0.25) is 0 Å². The zero-order valence-electron chi connectivity index (χ0n) is 12.4. The first kappa shape index (κ1) is 18.2. The van der Waals surface area contributed by atoms with E-state index < -0.39 is 0 Å². The molecule has 4 heteroatoms. The lowest BCUT2D eigenvalue weighted by Crippen LogP contribution is -2.17. The minimum Gasteiger partial charge on any atom is -0.489 e. The maximum atomic E-state index is 13.5. The fourth-order valence-corrected chi connectivity index (χ4v) is 2.09. The zero-order chi connectivity index (χ0) is 14.9. The van der Waals surface area contributed by atoms with Gasteiger partial charge in [-0.25, -0.2) is 4.39 Å². The van der Waals surface area contributed by atoms with E-state index in [-0.39, 0.29) is 18.2 Å². The fraction of sp³-hybridized carbons (Fsp3) is 0.222. The number of nitrogens with one attached hydrogen (secondary N) is 1. The molecule has 0 bridgehead atoms. The summed E-state index contributed by atoms with van der Waals surface area (Å²) in [5, 5.41) is 3.32. The van der Waals surface area contributed by atoms with Crippen molar-refractivity contribution in [3.8, 4) is 5.75 Å². The molecule has 0 aliphatic carbocycles. The number of hydrogen-bond acceptors (Lipinski definition) is 2. The number of ether oxygens (including phenoxy) is 1. The second-order valence-corrected chi connectivity index (χ2v) is 4.73. The monoisotopic (exact) mass is 321 g/mol. The smallest absolute Gasteiger partial charge is 0.126 e. The van der Waals surface area contributed by atoms with Crippen molar-refractivity contribution in [3.63, 3.8) is 0 Å². The van der Waals surface area contributed by atoms with Gasteiger partial charge in [0.25, 0.3) is 0 Å². The average Bonchev–Trinajstić information content (AvgIpc) is 2.52. The molecule has 0 aliphatic rings. The van der Waals surface area contributed by atoms with Crippen LogP contribution in [0, 0.1) is 5.82 Å². The van der Waals surface area contributed by atoms with Gasteiger partial charge in [0.05, 0.1) is 0 Å². The van der Waals surface area contributed by atoms with E-state index in [0.29, 0.717) is 19.6 Å². The third kappa shape index (κ3) is 5.51. The highest BCUT2D eigenvalue weighted by Crippen LogP contribution is 2.17. The SMILES string of the molecule is C=CCOc1ccccc1CNCCc1ccccc1F.Cl. The summed E-state index contributed by atoms with van der Waals surface area (Å²) >= 11 is 0. The molecule has 0 saturated carbocycles. The molecule has 0 aliphatic heterocycles. The van der Waals surface area contributed by atoms with E-state index in [1.165, 1.54) is 6.07 Å². The standard InChI is InChI=1S/C18H20FNO.ClH/c1-2-13-21-18-10-6-4-8-16(18)14-20-12-11-15-7-3-5-9-17(15)19;/h2-10,20H,1,11-14H2;1H. The van der Waals surface area contributed by atoms with E-state index in [0.717, 1.165) is 23.4 Å². The minimum absolute atomic E-state index is 0. The van der Waals surface area contributed by atoms with E-state index in [2.05, 4.69) is 11.9 Å². The third-order valence-corrected chi connectivity index (χ3v) is 3.17. The Kier molecular flexibility index (Phi) is 8.26. The van der Waals surface area contributed by atoms with Crippen molar-refractivity contribution in [2.45, 2.75) is 13.0 Å². The van der Waals surface area contributed by atoms with Crippen LogP contribution in [0.3, 0.4) is 0 Å². The van der Waals surface area contributed by atoms with Gasteiger partial charge in [0.1, 0.15) is 18.2 Å². The van der Waals surface area contributed by atoms with Crippen molar-refractivity contribution in [1.29, 1.82) is 0 Å². The van der Waals surface area contributed by atoms with E-state index in [1.807, 2.05) is 36.4 Å². The van der Waals surface area contributed by atoms with Gasteiger partial charge in [-0.05, 0) is 30.7 Å². The Morgan fingerprint density at radius 2 is 1.73 bits per heavy atom. The van der Waals surface area contributed by atoms with Gasteiger partial charge in [-0.2, -0.15) is 0 Å². The Morgan fingerprint density at radius 1 is 1.05 bits per heavy atom. The molecule has 2 aromatic rings. The van der Waals surface area contributed by atoms with Crippen LogP contribution in [-0.2, 0) is 13.0 Å². The molecule has 0 atom stereocenters. The molecule has 0 fully saturated rings. The Balaban J connectivity index is 0.00000242. The van der Waals surface area contributed by atoms with Crippen LogP contribution < -0.4 is 10.1 Å². The van der Waals surface area contributed by atoms with Crippen molar-refractivity contribution >= 4 is 12.4 Å². The number of rotatable bonds is 8. The molecule has 22 heavy (non-hydrogen) atoms. The molecular formula is C18H21ClFNO. The van der Waals surface area contributed by atoms with Crippen LogP contribution in [0.5, 0.6) is 5.75 Å². The lowest BCUT2D eigenvalue weighted by molar-refractivity contribution is 0.358. The van der Waals surface area contributed by atoms with Crippen molar-refractivity contribution in [2.75, 3.05) is 13.2 Å². The minimum atomic E-state index is -0.144. The van der Waals surface area contributed by atoms with Crippen molar-refractivity contribution in [1.82, 2.24) is 5.32 Å². The Labute approximate surface area is 137 Å². The first-order valence-electron chi connectivity index (χ1n) is 7.07. The average molecular weight is 322 g/mol. The molecule has 0 spiro atoms. The molecule has 1 N–H and O–H groups in total. The van der Waals surface area contributed by atoms with E-state index >= 15 is 0 Å². The zero-order valence-corrected chi connectivity index (χ0v) is 13.2. The van der Waals surface area contributed by atoms with Crippen LogP contribution in [0.25, 0.3) is 0 Å². The van der Waals surface area contributed by atoms with Gasteiger partial charge in [-0.15, -0.1) is 12.4 Å². The molecule has 2 aromatic carbocycles. The topological polar surface area (TPSA) is 21.3 Å². The van der Waals surface area contributed by atoms with Crippen molar-refractivity contribution < 1.29 is 9.13 Å². The first-order chi connectivity index (χ1) is 10.3. The number of benzene rings is 2. The van der Waals surface area contributed by atoms with Gasteiger partial charge in [0.15, 0.2) is 0 Å². The van der Waals surface area contributed by atoms with Crippen LogP contribution in [0.4, 0.5) is 4.39 Å². The summed E-state index contributed by atoms with van der Waals surface area (Å²) in [5.41, 5.74) is 1.83. The number of para-hydroxylation sites is 1. The summed E-state index contributed by atoms with van der Waals surface area (Å²) in [5.74, 6) is 0.713. The molecule has 0 aromatic heterocycles. The Morgan fingerprint density at radius 3 is 2.45 bits per heavy atom. The second-order valence-electron chi connectivity index (χ2n) is 4.73.